The molecule has 54 heavy (non-hydrogen) atoms. The first-order valence-corrected chi connectivity index (χ1v) is 21.5. The molecule has 308 valence electrons. The SMILES string of the molecule is CC/C=C/C/C=C/C/C=C/C/C=C/CCCCC(=O)O[C@H](COC(=O)CCCC/C=C/C/C=C/CCCCCCCC)COP(=O)(O)OC[C@H](N)C(=O)O. The molecule has 1 unspecified atom stereocenters. The van der Waals surface area contributed by atoms with Gasteiger partial charge in [0.1, 0.15) is 12.6 Å². The normalized spacial score (nSPS) is 14.6. The molecule has 0 spiro atoms. The molecular weight excluding hydrogens is 709 g/mol. The Labute approximate surface area is 325 Å². The Hall–Kier alpha value is -3.08. The molecule has 0 rings (SSSR count). The minimum absolute atomic E-state index is 0.0984. The van der Waals surface area contributed by atoms with Crippen LogP contribution in [0.5, 0.6) is 0 Å². The van der Waals surface area contributed by atoms with Crippen LogP contribution >= 0.6 is 7.82 Å². The Kier molecular flexibility index (Phi) is 34.8. The Morgan fingerprint density at radius 2 is 1.04 bits per heavy atom. The van der Waals surface area contributed by atoms with Gasteiger partial charge in [-0.05, 0) is 83.5 Å². The van der Waals surface area contributed by atoms with E-state index in [2.05, 4.69) is 91.3 Å². The Morgan fingerprint density at radius 3 is 1.56 bits per heavy atom. The first kappa shape index (κ1) is 50.9. The lowest BCUT2D eigenvalue weighted by molar-refractivity contribution is -0.161. The van der Waals surface area contributed by atoms with Crippen molar-refractivity contribution in [2.24, 2.45) is 5.73 Å². The average Bonchev–Trinajstić information content (AvgIpc) is 3.14. The van der Waals surface area contributed by atoms with Crippen LogP contribution in [-0.2, 0) is 37.5 Å². The highest BCUT2D eigenvalue weighted by Gasteiger charge is 2.28. The van der Waals surface area contributed by atoms with Crippen LogP contribution in [0.2, 0.25) is 0 Å². The third-order valence-corrected chi connectivity index (χ3v) is 8.89. The summed E-state index contributed by atoms with van der Waals surface area (Å²) < 4.78 is 32.5. The standard InChI is InChI=1S/C42H70NO10P/c1-3-5-7-9-11-13-15-17-19-21-23-25-27-29-31-33-40(44)50-35-38(36-51-54(48,49)52-37-39(43)42(46)47)53-41(45)34-32-30-28-26-24-22-20-18-16-14-12-10-8-6-4-2/h6,8,12,14,17-20,23-26,38-39H,3-5,7,9-11,13,15-16,21-22,27-37,43H2,1-2H3,(H,46,47)(H,48,49)/b8-6+,14-12+,19-17+,20-18+,25-23+,26-24+/t38-,39+/m1/s1. The molecule has 0 aromatic carbocycles. The number of aliphatic carboxylic acids is 1. The van der Waals surface area contributed by atoms with Gasteiger partial charge in [-0.1, -0.05) is 119 Å². The molecule has 11 nitrogen and oxygen atoms in total. The molecule has 4 N–H and O–H groups in total. The highest BCUT2D eigenvalue weighted by atomic mass is 31.2. The summed E-state index contributed by atoms with van der Waals surface area (Å²) in [4.78, 5) is 45.8. The van der Waals surface area contributed by atoms with E-state index in [0.29, 0.717) is 12.8 Å². The molecule has 0 saturated heterocycles. The Bertz CT molecular complexity index is 1190. The molecule has 0 aliphatic rings. The molecule has 0 saturated carbocycles. The van der Waals surface area contributed by atoms with Gasteiger partial charge in [0.15, 0.2) is 6.10 Å². The van der Waals surface area contributed by atoms with E-state index in [0.717, 1.165) is 64.2 Å². The van der Waals surface area contributed by atoms with Crippen molar-refractivity contribution >= 4 is 25.7 Å². The van der Waals surface area contributed by atoms with Gasteiger partial charge in [0, 0.05) is 12.8 Å². The van der Waals surface area contributed by atoms with E-state index in [-0.39, 0.29) is 19.4 Å². The van der Waals surface area contributed by atoms with Crippen molar-refractivity contribution in [3.05, 3.63) is 72.9 Å². The number of carbonyl (C=O) groups is 3. The number of carboxylic acid groups (broad SMARTS) is 1. The average molecular weight is 780 g/mol. The highest BCUT2D eigenvalue weighted by molar-refractivity contribution is 7.47. The number of hydrogen-bond acceptors (Lipinski definition) is 9. The smallest absolute Gasteiger partial charge is 0.472 e. The third-order valence-electron chi connectivity index (χ3n) is 7.94. The molecule has 12 heteroatoms. The highest BCUT2D eigenvalue weighted by Crippen LogP contribution is 2.43. The number of nitrogens with two attached hydrogens (primary N) is 1. The number of unbranched alkanes of at least 4 members (excludes halogenated alkanes) is 10. The van der Waals surface area contributed by atoms with Crippen molar-refractivity contribution in [2.45, 2.75) is 154 Å². The van der Waals surface area contributed by atoms with Crippen LogP contribution in [0, 0.1) is 0 Å². The number of carbonyl (C=O) groups excluding carboxylic acids is 2. The second-order valence-electron chi connectivity index (χ2n) is 13.0. The van der Waals surface area contributed by atoms with Crippen molar-refractivity contribution < 1.29 is 47.5 Å². The summed E-state index contributed by atoms with van der Waals surface area (Å²) >= 11 is 0. The Balaban J connectivity index is 4.56. The maximum Gasteiger partial charge on any atom is 0.472 e. The van der Waals surface area contributed by atoms with E-state index in [1.807, 2.05) is 0 Å². The minimum Gasteiger partial charge on any atom is -0.480 e. The predicted octanol–water partition coefficient (Wildman–Crippen LogP) is 10.2. The third kappa shape index (κ3) is 35.9. The predicted molar refractivity (Wildman–Crippen MR) is 217 cm³/mol. The fraction of sp³-hybridized carbons (Fsp3) is 0.643. The van der Waals surface area contributed by atoms with Crippen LogP contribution in [0.3, 0.4) is 0 Å². The van der Waals surface area contributed by atoms with Gasteiger partial charge < -0.3 is 25.2 Å². The lowest BCUT2D eigenvalue weighted by Crippen LogP contribution is -2.34. The zero-order valence-corrected chi connectivity index (χ0v) is 33.9. The number of allylic oxidation sites excluding steroid dienone is 12. The fourth-order valence-corrected chi connectivity index (χ4v) is 5.57. The second kappa shape index (κ2) is 36.9. The molecule has 0 heterocycles. The number of ether oxygens (including phenoxy) is 2. The van der Waals surface area contributed by atoms with Gasteiger partial charge in [-0.3, -0.25) is 23.4 Å². The van der Waals surface area contributed by atoms with Crippen molar-refractivity contribution in [1.29, 1.82) is 0 Å². The van der Waals surface area contributed by atoms with Gasteiger partial charge in [0.05, 0.1) is 13.2 Å². The first-order valence-electron chi connectivity index (χ1n) is 20.0. The molecule has 0 radical (unpaired) electrons. The number of carboxylic acids is 1. The first-order chi connectivity index (χ1) is 26.1. The number of phosphoric acid groups is 1. The molecular formula is C42H70NO10P. The molecule has 0 amide bonds. The lowest BCUT2D eigenvalue weighted by atomic mass is 10.1. The zero-order chi connectivity index (χ0) is 40.0. The van der Waals surface area contributed by atoms with Crippen molar-refractivity contribution in [2.75, 3.05) is 19.8 Å². The minimum atomic E-state index is -4.73. The number of rotatable bonds is 36. The number of esters is 2. The quantitative estimate of drug-likeness (QED) is 0.0239. The summed E-state index contributed by atoms with van der Waals surface area (Å²) in [6.07, 6.45) is 42.7. The summed E-state index contributed by atoms with van der Waals surface area (Å²) in [6.45, 7) is 2.58. The number of phosphoric ester groups is 1. The molecule has 0 aliphatic carbocycles. The van der Waals surface area contributed by atoms with E-state index in [1.54, 1.807) is 0 Å². The van der Waals surface area contributed by atoms with Gasteiger partial charge in [-0.15, -0.1) is 0 Å². The fourth-order valence-electron chi connectivity index (χ4n) is 4.79. The molecule has 0 aliphatic heterocycles. The second-order valence-corrected chi connectivity index (χ2v) is 14.5. The zero-order valence-electron chi connectivity index (χ0n) is 33.0. The molecule has 0 aromatic rings. The van der Waals surface area contributed by atoms with E-state index in [1.165, 1.54) is 38.5 Å². The molecule has 0 aromatic heterocycles. The van der Waals surface area contributed by atoms with Gasteiger partial charge in [0.2, 0.25) is 0 Å². The Morgan fingerprint density at radius 1 is 0.593 bits per heavy atom. The molecule has 0 fully saturated rings. The summed E-state index contributed by atoms with van der Waals surface area (Å²) in [5, 5.41) is 8.87. The molecule has 3 atom stereocenters. The van der Waals surface area contributed by atoms with Gasteiger partial charge in [0.25, 0.3) is 0 Å². The van der Waals surface area contributed by atoms with E-state index in [9.17, 15) is 23.8 Å². The van der Waals surface area contributed by atoms with Crippen LogP contribution in [-0.4, -0.2) is 59.9 Å². The van der Waals surface area contributed by atoms with Crippen molar-refractivity contribution in [3.8, 4) is 0 Å². The maximum absolute atomic E-state index is 12.6. The summed E-state index contributed by atoms with van der Waals surface area (Å²) in [5.41, 5.74) is 5.31. The van der Waals surface area contributed by atoms with Crippen LogP contribution in [0.15, 0.2) is 72.9 Å². The largest absolute Gasteiger partial charge is 0.480 e. The van der Waals surface area contributed by atoms with Crippen molar-refractivity contribution in [1.82, 2.24) is 0 Å². The van der Waals surface area contributed by atoms with E-state index < -0.39 is 51.1 Å². The maximum atomic E-state index is 12.6. The van der Waals surface area contributed by atoms with Gasteiger partial charge in [-0.25, -0.2) is 4.57 Å². The van der Waals surface area contributed by atoms with Crippen molar-refractivity contribution in [3.63, 3.8) is 0 Å². The van der Waals surface area contributed by atoms with Crippen LogP contribution in [0.25, 0.3) is 0 Å². The van der Waals surface area contributed by atoms with E-state index in [4.69, 9.17) is 24.8 Å². The van der Waals surface area contributed by atoms with Crippen LogP contribution < -0.4 is 5.73 Å². The summed E-state index contributed by atoms with van der Waals surface area (Å²) in [7, 11) is -4.73. The topological polar surface area (TPSA) is 172 Å². The molecule has 0 bridgehead atoms. The number of hydrogen-bond donors (Lipinski definition) is 3. The summed E-state index contributed by atoms with van der Waals surface area (Å²) in [5.74, 6) is -2.49. The van der Waals surface area contributed by atoms with E-state index >= 15 is 0 Å². The van der Waals surface area contributed by atoms with Crippen LogP contribution in [0.4, 0.5) is 0 Å². The lowest BCUT2D eigenvalue weighted by Gasteiger charge is -2.20. The monoisotopic (exact) mass is 779 g/mol. The van der Waals surface area contributed by atoms with Gasteiger partial charge >= 0.3 is 25.7 Å². The van der Waals surface area contributed by atoms with Gasteiger partial charge in [-0.2, -0.15) is 0 Å². The van der Waals surface area contributed by atoms with Crippen LogP contribution in [0.1, 0.15) is 142 Å². The summed E-state index contributed by atoms with van der Waals surface area (Å²) in [6, 6.07) is -1.53.